The number of hydrogen-bond acceptors (Lipinski definition) is 4. The van der Waals surface area contributed by atoms with Gasteiger partial charge in [-0.15, -0.1) is 0 Å². The van der Waals surface area contributed by atoms with E-state index >= 15 is 0 Å². The van der Waals surface area contributed by atoms with Gasteiger partial charge in [0, 0.05) is 24.2 Å². The number of amides is 2. The van der Waals surface area contributed by atoms with Gasteiger partial charge in [0.2, 0.25) is 0 Å². The van der Waals surface area contributed by atoms with Gasteiger partial charge in [0.25, 0.3) is 11.5 Å². The van der Waals surface area contributed by atoms with Crippen LogP contribution in [0.25, 0.3) is 10.9 Å². The van der Waals surface area contributed by atoms with Crippen LogP contribution in [-0.4, -0.2) is 45.2 Å². The van der Waals surface area contributed by atoms with Crippen molar-refractivity contribution in [2.45, 2.75) is 90.1 Å². The molecule has 3 atom stereocenters. The number of para-hydroxylation sites is 1. The van der Waals surface area contributed by atoms with E-state index in [2.05, 4.69) is 5.32 Å². The Labute approximate surface area is 188 Å². The van der Waals surface area contributed by atoms with Gasteiger partial charge in [0.15, 0.2) is 0 Å². The maximum Gasteiger partial charge on any atom is 0.410 e. The van der Waals surface area contributed by atoms with Gasteiger partial charge in [-0.05, 0) is 77.8 Å². The Hall–Kier alpha value is -2.83. The maximum absolute atomic E-state index is 13.2. The molecular weight excluding hydrogens is 406 g/mol. The first-order valence-electron chi connectivity index (χ1n) is 11.5. The van der Waals surface area contributed by atoms with Crippen LogP contribution in [0.15, 0.2) is 35.1 Å². The number of carbonyl (C=O) groups is 2. The molecule has 3 heterocycles. The van der Waals surface area contributed by atoms with Crippen LogP contribution < -0.4 is 10.9 Å². The Bertz CT molecular complexity index is 1080. The van der Waals surface area contributed by atoms with Crippen molar-refractivity contribution in [3.05, 3.63) is 46.2 Å². The normalized spacial score (nSPS) is 22.9. The average molecular weight is 440 g/mol. The number of carbonyl (C=O) groups excluding carboxylic acids is 2. The number of nitrogens with one attached hydrogen (secondary N) is 1. The molecule has 2 fully saturated rings. The average Bonchev–Trinajstić information content (AvgIpc) is 2.97. The number of aromatic nitrogens is 1. The number of pyridine rings is 1. The van der Waals surface area contributed by atoms with E-state index in [4.69, 9.17) is 4.74 Å². The number of fused-ring (bicyclic) bond motifs is 3. The van der Waals surface area contributed by atoms with Crippen molar-refractivity contribution in [3.63, 3.8) is 0 Å². The highest BCUT2D eigenvalue weighted by Gasteiger charge is 2.45. The molecule has 1 aromatic carbocycles. The molecule has 4 rings (SSSR count). The zero-order valence-corrected chi connectivity index (χ0v) is 19.6. The molecule has 0 radical (unpaired) electrons. The number of piperidine rings is 1. The van der Waals surface area contributed by atoms with Crippen molar-refractivity contribution in [3.8, 4) is 0 Å². The molecular formula is C25H33N3O4. The van der Waals surface area contributed by atoms with Crippen molar-refractivity contribution >= 4 is 22.9 Å². The SMILES string of the molecule is CC(C)n1c(=O)c(C(=O)N[C@@H]2C[C@H]3CC[C@@H](C2)N3C(=O)OC(C)(C)C)cc2ccccc21. The minimum absolute atomic E-state index is 0.0535. The molecule has 0 aliphatic carbocycles. The van der Waals surface area contributed by atoms with Crippen molar-refractivity contribution in [2.24, 2.45) is 0 Å². The van der Waals surface area contributed by atoms with Gasteiger partial charge in [-0.3, -0.25) is 9.59 Å². The molecule has 7 heteroatoms. The molecule has 1 N–H and O–H groups in total. The van der Waals surface area contributed by atoms with Crippen LogP contribution in [0.3, 0.4) is 0 Å². The van der Waals surface area contributed by atoms with Gasteiger partial charge >= 0.3 is 6.09 Å². The predicted molar refractivity (Wildman–Crippen MR) is 124 cm³/mol. The van der Waals surface area contributed by atoms with Crippen LogP contribution >= 0.6 is 0 Å². The van der Waals surface area contributed by atoms with Crippen molar-refractivity contribution < 1.29 is 14.3 Å². The first-order valence-corrected chi connectivity index (χ1v) is 11.5. The summed E-state index contributed by atoms with van der Waals surface area (Å²) in [5.41, 5.74) is 0.186. The second-order valence-electron chi connectivity index (χ2n) is 10.3. The van der Waals surface area contributed by atoms with E-state index in [0.29, 0.717) is 12.8 Å². The second-order valence-corrected chi connectivity index (χ2v) is 10.3. The lowest BCUT2D eigenvalue weighted by Crippen LogP contribution is -2.53. The van der Waals surface area contributed by atoms with E-state index < -0.39 is 5.60 Å². The second kappa shape index (κ2) is 8.26. The third kappa shape index (κ3) is 4.25. The molecule has 2 aliphatic rings. The Kier molecular flexibility index (Phi) is 5.77. The molecule has 2 bridgehead atoms. The topological polar surface area (TPSA) is 80.6 Å². The summed E-state index contributed by atoms with van der Waals surface area (Å²) in [6.45, 7) is 9.49. The molecule has 7 nitrogen and oxygen atoms in total. The highest BCUT2D eigenvalue weighted by Crippen LogP contribution is 2.37. The van der Waals surface area contributed by atoms with Gasteiger partial charge in [0.1, 0.15) is 11.2 Å². The summed E-state index contributed by atoms with van der Waals surface area (Å²) in [5, 5.41) is 3.95. The largest absolute Gasteiger partial charge is 0.444 e. The number of nitrogens with zero attached hydrogens (tertiary/aromatic N) is 2. The maximum atomic E-state index is 13.2. The number of hydrogen-bond donors (Lipinski definition) is 1. The summed E-state index contributed by atoms with van der Waals surface area (Å²) in [5.74, 6) is -0.342. The molecule has 2 saturated heterocycles. The fraction of sp³-hybridized carbons (Fsp3) is 0.560. The van der Waals surface area contributed by atoms with Crippen LogP contribution in [0, 0.1) is 0 Å². The molecule has 0 saturated carbocycles. The minimum atomic E-state index is -0.534. The zero-order chi connectivity index (χ0) is 23.2. The van der Waals surface area contributed by atoms with Crippen LogP contribution in [0.2, 0.25) is 0 Å². The van der Waals surface area contributed by atoms with E-state index in [1.165, 1.54) is 0 Å². The lowest BCUT2D eigenvalue weighted by molar-refractivity contribution is 0.00500. The first-order chi connectivity index (χ1) is 15.0. The molecule has 2 aliphatic heterocycles. The van der Waals surface area contributed by atoms with E-state index in [1.54, 1.807) is 10.6 Å². The fourth-order valence-corrected chi connectivity index (χ4v) is 5.13. The lowest BCUT2D eigenvalue weighted by Gasteiger charge is -2.39. The van der Waals surface area contributed by atoms with Gasteiger partial charge < -0.3 is 19.5 Å². The Balaban J connectivity index is 1.53. The quantitative estimate of drug-likeness (QED) is 0.776. The number of ether oxygens (including phenoxy) is 1. The lowest BCUT2D eigenvalue weighted by atomic mass is 9.97. The summed E-state index contributed by atoms with van der Waals surface area (Å²) in [6, 6.07) is 9.29. The van der Waals surface area contributed by atoms with Crippen LogP contribution in [0.5, 0.6) is 0 Å². The highest BCUT2D eigenvalue weighted by molar-refractivity contribution is 5.97. The molecule has 2 amide bonds. The highest BCUT2D eigenvalue weighted by atomic mass is 16.6. The monoisotopic (exact) mass is 439 g/mol. The smallest absolute Gasteiger partial charge is 0.410 e. The fourth-order valence-electron chi connectivity index (χ4n) is 5.13. The van der Waals surface area contributed by atoms with Crippen molar-refractivity contribution in [1.29, 1.82) is 0 Å². The van der Waals surface area contributed by atoms with E-state index in [1.807, 2.05) is 63.8 Å². The van der Waals surface area contributed by atoms with Gasteiger partial charge in [-0.1, -0.05) is 18.2 Å². The van der Waals surface area contributed by atoms with Crippen LogP contribution in [-0.2, 0) is 4.74 Å². The summed E-state index contributed by atoms with van der Waals surface area (Å²) < 4.78 is 7.27. The third-order valence-electron chi connectivity index (χ3n) is 6.38. The first kappa shape index (κ1) is 22.4. The standard InChI is InChI=1S/C25H33N3O4/c1-15(2)27-21-9-7-6-8-16(21)12-20(23(27)30)22(29)26-17-13-18-10-11-19(14-17)28(18)24(31)32-25(3,4)5/h6-9,12,15,17-19H,10-11,13-14H2,1-5H3,(H,26,29)/t17-,18-,19+. The number of benzene rings is 1. The molecule has 1 aromatic heterocycles. The summed E-state index contributed by atoms with van der Waals surface area (Å²) in [6.07, 6.45) is 2.89. The Morgan fingerprint density at radius 1 is 1.09 bits per heavy atom. The third-order valence-corrected chi connectivity index (χ3v) is 6.38. The number of rotatable bonds is 3. The van der Waals surface area contributed by atoms with Gasteiger partial charge in [-0.25, -0.2) is 4.79 Å². The predicted octanol–water partition coefficient (Wildman–Crippen LogP) is 4.24. The van der Waals surface area contributed by atoms with Gasteiger partial charge in [-0.2, -0.15) is 0 Å². The summed E-state index contributed by atoms with van der Waals surface area (Å²) in [7, 11) is 0. The van der Waals surface area contributed by atoms with E-state index in [9.17, 15) is 14.4 Å². The van der Waals surface area contributed by atoms with Crippen LogP contribution in [0.1, 0.15) is 76.7 Å². The molecule has 172 valence electrons. The molecule has 32 heavy (non-hydrogen) atoms. The van der Waals surface area contributed by atoms with E-state index in [-0.39, 0.29) is 47.3 Å². The summed E-state index contributed by atoms with van der Waals surface area (Å²) >= 11 is 0. The molecule has 2 aromatic rings. The van der Waals surface area contributed by atoms with Gasteiger partial charge in [0.05, 0.1) is 5.52 Å². The van der Waals surface area contributed by atoms with Crippen molar-refractivity contribution in [1.82, 2.24) is 14.8 Å². The van der Waals surface area contributed by atoms with Crippen LogP contribution in [0.4, 0.5) is 4.79 Å². The minimum Gasteiger partial charge on any atom is -0.444 e. The zero-order valence-electron chi connectivity index (χ0n) is 19.6. The Morgan fingerprint density at radius 2 is 1.72 bits per heavy atom. The Morgan fingerprint density at radius 3 is 2.31 bits per heavy atom. The van der Waals surface area contributed by atoms with E-state index in [0.717, 1.165) is 23.7 Å². The molecule has 0 unspecified atom stereocenters. The molecule has 0 spiro atoms. The van der Waals surface area contributed by atoms with Crippen molar-refractivity contribution in [2.75, 3.05) is 0 Å². The summed E-state index contributed by atoms with van der Waals surface area (Å²) in [4.78, 5) is 40.8.